The lowest BCUT2D eigenvalue weighted by atomic mass is 9.99. The molecule has 1 aromatic carbocycles. The average Bonchev–Trinajstić information content (AvgIpc) is 3.02. The van der Waals surface area contributed by atoms with Crippen molar-refractivity contribution in [1.82, 2.24) is 0 Å². The summed E-state index contributed by atoms with van der Waals surface area (Å²) in [4.78, 5) is 23.1. The van der Waals surface area contributed by atoms with Gasteiger partial charge in [0.1, 0.15) is 5.78 Å². The number of benzene rings is 1. The van der Waals surface area contributed by atoms with E-state index >= 15 is 0 Å². The van der Waals surface area contributed by atoms with Crippen molar-refractivity contribution in [3.05, 3.63) is 34.4 Å². The number of Topliss-reactive ketones (excluding diaryl/α,β-unsaturated/α-hetero) is 1. The lowest BCUT2D eigenvalue weighted by molar-refractivity contribution is -0.140. The van der Waals surface area contributed by atoms with Crippen molar-refractivity contribution in [3.63, 3.8) is 0 Å². The summed E-state index contributed by atoms with van der Waals surface area (Å²) in [6.07, 6.45) is -0.885. The van der Waals surface area contributed by atoms with Crippen molar-refractivity contribution < 1.29 is 32.3 Å². The Balaban J connectivity index is 2.34. The molecule has 120 valence electrons. The molecule has 22 heavy (non-hydrogen) atoms. The highest BCUT2D eigenvalue weighted by Gasteiger charge is 2.65. The Bertz CT molecular complexity index is 653. The SMILES string of the molecule is Cc1c(F)c(F)c(CC(=O)C2[C@@H](C(=O)O)C2(C)C)c(F)c1F. The normalized spacial score (nSPS) is 22.5. The van der Waals surface area contributed by atoms with Gasteiger partial charge in [0.25, 0.3) is 0 Å². The number of carbonyl (C=O) groups excluding carboxylic acids is 1. The first-order valence-corrected chi connectivity index (χ1v) is 6.58. The van der Waals surface area contributed by atoms with Gasteiger partial charge in [-0.15, -0.1) is 0 Å². The maximum atomic E-state index is 13.7. The van der Waals surface area contributed by atoms with Gasteiger partial charge >= 0.3 is 5.97 Å². The highest BCUT2D eigenvalue weighted by atomic mass is 19.2. The molecule has 1 unspecified atom stereocenters. The largest absolute Gasteiger partial charge is 0.481 e. The molecule has 0 radical (unpaired) electrons. The van der Waals surface area contributed by atoms with Crippen molar-refractivity contribution in [2.24, 2.45) is 17.3 Å². The van der Waals surface area contributed by atoms with Crippen LogP contribution < -0.4 is 0 Å². The second kappa shape index (κ2) is 5.07. The van der Waals surface area contributed by atoms with Crippen molar-refractivity contribution in [3.8, 4) is 0 Å². The van der Waals surface area contributed by atoms with Crippen LogP contribution in [0.15, 0.2) is 0 Å². The molecule has 1 fully saturated rings. The Labute approximate surface area is 123 Å². The monoisotopic (exact) mass is 318 g/mol. The molecule has 0 bridgehead atoms. The number of hydrogen-bond donors (Lipinski definition) is 1. The molecule has 1 N–H and O–H groups in total. The van der Waals surface area contributed by atoms with Gasteiger partial charge in [-0.2, -0.15) is 0 Å². The molecule has 3 nitrogen and oxygen atoms in total. The summed E-state index contributed by atoms with van der Waals surface area (Å²) in [6.45, 7) is 3.96. The van der Waals surface area contributed by atoms with Gasteiger partial charge in [0, 0.05) is 23.5 Å². The summed E-state index contributed by atoms with van der Waals surface area (Å²) in [5.41, 5.74) is -2.66. The number of carbonyl (C=O) groups is 2. The zero-order chi connectivity index (χ0) is 17.0. The molecule has 1 aromatic rings. The lowest BCUT2D eigenvalue weighted by Gasteiger charge is -2.09. The molecule has 0 spiro atoms. The molecule has 1 aliphatic carbocycles. The Kier molecular flexibility index (Phi) is 3.79. The van der Waals surface area contributed by atoms with Gasteiger partial charge in [-0.3, -0.25) is 9.59 Å². The summed E-state index contributed by atoms with van der Waals surface area (Å²) in [5.74, 6) is -10.2. The topological polar surface area (TPSA) is 54.4 Å². The van der Waals surface area contributed by atoms with Gasteiger partial charge in [0.05, 0.1) is 5.92 Å². The fourth-order valence-electron chi connectivity index (χ4n) is 2.93. The first-order valence-electron chi connectivity index (χ1n) is 6.58. The maximum Gasteiger partial charge on any atom is 0.307 e. The third-order valence-corrected chi connectivity index (χ3v) is 4.37. The van der Waals surface area contributed by atoms with E-state index in [9.17, 15) is 27.2 Å². The van der Waals surface area contributed by atoms with Crippen LogP contribution in [0.25, 0.3) is 0 Å². The first kappa shape index (κ1) is 16.5. The van der Waals surface area contributed by atoms with E-state index in [1.54, 1.807) is 0 Å². The van der Waals surface area contributed by atoms with E-state index in [-0.39, 0.29) is 0 Å². The fraction of sp³-hybridized carbons (Fsp3) is 0.467. The minimum Gasteiger partial charge on any atom is -0.481 e. The number of hydrogen-bond acceptors (Lipinski definition) is 2. The first-order chi connectivity index (χ1) is 10.0. The van der Waals surface area contributed by atoms with Crippen LogP contribution in [0.3, 0.4) is 0 Å². The lowest BCUT2D eigenvalue weighted by Crippen LogP contribution is -2.15. The number of halogens is 4. The molecule has 2 atom stereocenters. The number of carboxylic acid groups (broad SMARTS) is 1. The molecule has 0 amide bonds. The standard InChI is InChI=1S/C15H14F4O3/c1-5-10(16)12(18)6(13(19)11(5)17)4-7(20)8-9(14(21)22)15(8,2)3/h8-9H,4H2,1-3H3,(H,21,22)/t8?,9-/m0/s1. The Hall–Kier alpha value is -1.92. The van der Waals surface area contributed by atoms with Gasteiger partial charge in [-0.25, -0.2) is 17.6 Å². The van der Waals surface area contributed by atoms with Gasteiger partial charge in [-0.05, 0) is 12.3 Å². The van der Waals surface area contributed by atoms with Gasteiger partial charge in [-0.1, -0.05) is 13.8 Å². The summed E-state index contributed by atoms with van der Waals surface area (Å²) in [5, 5.41) is 8.99. The Morgan fingerprint density at radius 3 is 1.82 bits per heavy atom. The number of rotatable bonds is 4. The summed E-state index contributed by atoms with van der Waals surface area (Å²) >= 11 is 0. The number of aliphatic carboxylic acids is 1. The van der Waals surface area contributed by atoms with E-state index in [2.05, 4.69) is 0 Å². The second-order valence-corrected chi connectivity index (χ2v) is 6.12. The molecule has 7 heteroatoms. The van der Waals surface area contributed by atoms with Crippen molar-refractivity contribution in [2.45, 2.75) is 27.2 Å². The van der Waals surface area contributed by atoms with Crippen LogP contribution in [-0.2, 0) is 16.0 Å². The molecule has 0 saturated heterocycles. The van der Waals surface area contributed by atoms with E-state index < -0.39 is 69.8 Å². The van der Waals surface area contributed by atoms with Crippen molar-refractivity contribution in [1.29, 1.82) is 0 Å². The summed E-state index contributed by atoms with van der Waals surface area (Å²) in [6, 6.07) is 0. The molecule has 0 heterocycles. The maximum absolute atomic E-state index is 13.7. The van der Waals surface area contributed by atoms with Crippen LogP contribution in [0.1, 0.15) is 25.0 Å². The van der Waals surface area contributed by atoms with Crippen LogP contribution in [-0.4, -0.2) is 16.9 Å². The van der Waals surface area contributed by atoms with E-state index in [0.717, 1.165) is 6.92 Å². The van der Waals surface area contributed by atoms with Crippen molar-refractivity contribution in [2.75, 3.05) is 0 Å². The van der Waals surface area contributed by atoms with Crippen LogP contribution in [0.2, 0.25) is 0 Å². The highest BCUT2D eigenvalue weighted by Crippen LogP contribution is 2.59. The molecule has 2 rings (SSSR count). The molecule has 1 aliphatic rings. The van der Waals surface area contributed by atoms with Crippen molar-refractivity contribution >= 4 is 11.8 Å². The van der Waals surface area contributed by atoms with Gasteiger partial charge < -0.3 is 5.11 Å². The quantitative estimate of drug-likeness (QED) is 0.686. The summed E-state index contributed by atoms with van der Waals surface area (Å²) in [7, 11) is 0. The van der Waals surface area contributed by atoms with Crippen LogP contribution in [0, 0.1) is 47.4 Å². The number of carboxylic acids is 1. The van der Waals surface area contributed by atoms with Crippen LogP contribution in [0.5, 0.6) is 0 Å². The van der Waals surface area contributed by atoms with E-state index in [0.29, 0.717) is 0 Å². The third kappa shape index (κ3) is 2.28. The molecular weight excluding hydrogens is 304 g/mol. The predicted octanol–water partition coefficient (Wildman–Crippen LogP) is 3.02. The zero-order valence-electron chi connectivity index (χ0n) is 12.1. The predicted molar refractivity (Wildman–Crippen MR) is 68.1 cm³/mol. The fourth-order valence-corrected chi connectivity index (χ4v) is 2.93. The second-order valence-electron chi connectivity index (χ2n) is 6.12. The van der Waals surface area contributed by atoms with Crippen LogP contribution >= 0.6 is 0 Å². The average molecular weight is 318 g/mol. The van der Waals surface area contributed by atoms with Gasteiger partial charge in [0.15, 0.2) is 23.3 Å². The molecule has 0 aliphatic heterocycles. The Morgan fingerprint density at radius 2 is 1.45 bits per heavy atom. The smallest absolute Gasteiger partial charge is 0.307 e. The highest BCUT2D eigenvalue weighted by molar-refractivity contribution is 5.94. The minimum atomic E-state index is -1.62. The van der Waals surface area contributed by atoms with E-state index in [4.69, 9.17) is 5.11 Å². The van der Waals surface area contributed by atoms with Gasteiger partial charge in [0.2, 0.25) is 0 Å². The molecular formula is C15H14F4O3. The minimum absolute atomic E-state index is 0.752. The summed E-state index contributed by atoms with van der Waals surface area (Å²) < 4.78 is 54.4. The zero-order valence-corrected chi connectivity index (χ0v) is 12.1. The Morgan fingerprint density at radius 1 is 1.00 bits per heavy atom. The molecule has 0 aromatic heterocycles. The number of ketones is 1. The third-order valence-electron chi connectivity index (χ3n) is 4.37. The van der Waals surface area contributed by atoms with E-state index in [1.165, 1.54) is 13.8 Å². The van der Waals surface area contributed by atoms with Crippen LogP contribution in [0.4, 0.5) is 17.6 Å². The molecule has 1 saturated carbocycles. The van der Waals surface area contributed by atoms with E-state index in [1.807, 2.05) is 0 Å².